The third-order valence-electron chi connectivity index (χ3n) is 11.2. The first-order chi connectivity index (χ1) is 30.0. The fourth-order valence-electron chi connectivity index (χ4n) is 7.29. The molecule has 330 valence electrons. The summed E-state index contributed by atoms with van der Waals surface area (Å²) < 4.78 is 62.7. The third-order valence-corrected chi connectivity index (χ3v) is 13.3. The lowest BCUT2D eigenvalue weighted by Crippen LogP contribution is -2.47. The zero-order valence-corrected chi connectivity index (χ0v) is 37.2. The second-order valence-corrected chi connectivity index (χ2v) is 17.9. The van der Waals surface area contributed by atoms with Crippen LogP contribution in [0.4, 0.5) is 20.4 Å². The maximum atomic E-state index is 14.5. The summed E-state index contributed by atoms with van der Waals surface area (Å²) in [6, 6.07) is 19.0. The molecule has 0 unspecified atom stereocenters. The van der Waals surface area contributed by atoms with Crippen LogP contribution >= 0.6 is 11.6 Å². The number of phenols is 1. The lowest BCUT2D eigenvalue weighted by atomic mass is 9.98. The summed E-state index contributed by atoms with van der Waals surface area (Å²) in [6.07, 6.45) is 1.95. The molecule has 4 aromatic carbocycles. The third kappa shape index (κ3) is 10.6. The molecule has 0 saturated carbocycles. The van der Waals surface area contributed by atoms with Gasteiger partial charge in [-0.3, -0.25) is 19.1 Å². The highest BCUT2D eigenvalue weighted by atomic mass is 35.5. The van der Waals surface area contributed by atoms with Crippen molar-refractivity contribution < 1.29 is 31.8 Å². The molecule has 2 saturated heterocycles. The average Bonchev–Trinajstić information content (AvgIpc) is 3.27. The van der Waals surface area contributed by atoms with E-state index in [1.54, 1.807) is 50.4 Å². The Balaban J connectivity index is 0.000000211. The van der Waals surface area contributed by atoms with Crippen LogP contribution in [0.15, 0.2) is 93.5 Å². The Morgan fingerprint density at radius 2 is 1.63 bits per heavy atom. The zero-order chi connectivity index (χ0) is 45.6. The van der Waals surface area contributed by atoms with Crippen LogP contribution in [0.3, 0.4) is 0 Å². The Kier molecular flexibility index (Phi) is 14.8. The average molecular weight is 900 g/mol. The number of likely N-dealkylation sites (N-methyl/N-ethyl adjacent to an activating group) is 1. The van der Waals surface area contributed by atoms with Gasteiger partial charge in [-0.25, -0.2) is 27.0 Å². The van der Waals surface area contributed by atoms with Crippen LogP contribution in [0.5, 0.6) is 11.5 Å². The predicted octanol–water partition coefficient (Wildman–Crippen LogP) is 7.86. The van der Waals surface area contributed by atoms with Gasteiger partial charge < -0.3 is 19.6 Å². The fourth-order valence-corrected chi connectivity index (χ4v) is 8.93. The number of aromatic hydroxyl groups is 1. The molecular formula is C46H48ClF2N7O6S. The van der Waals surface area contributed by atoms with Gasteiger partial charge in [-0.1, -0.05) is 48.9 Å². The number of methoxy groups -OCH3 is 1. The second-order valence-electron chi connectivity index (χ2n) is 15.5. The number of phenolic OH excluding ortho intramolecular Hbond substituents is 1. The van der Waals surface area contributed by atoms with E-state index in [1.807, 2.05) is 11.9 Å². The highest BCUT2D eigenvalue weighted by molar-refractivity contribution is 7.89. The van der Waals surface area contributed by atoms with Crippen LogP contribution in [0, 0.1) is 24.1 Å². The van der Waals surface area contributed by atoms with Gasteiger partial charge in [0.05, 0.1) is 29.8 Å². The summed E-state index contributed by atoms with van der Waals surface area (Å²) in [4.78, 5) is 42.6. The number of piperazine rings is 1. The first kappa shape index (κ1) is 46.5. The number of hydrogen-bond donors (Lipinski definition) is 1. The van der Waals surface area contributed by atoms with Gasteiger partial charge in [-0.05, 0) is 86.8 Å². The van der Waals surface area contributed by atoms with E-state index < -0.39 is 21.7 Å². The Labute approximate surface area is 370 Å². The lowest BCUT2D eigenvalue weighted by Gasteiger charge is -2.32. The molecular weight excluding hydrogens is 852 g/mol. The van der Waals surface area contributed by atoms with Gasteiger partial charge in [0.1, 0.15) is 18.1 Å². The zero-order valence-electron chi connectivity index (χ0n) is 35.6. The molecule has 0 bridgehead atoms. The number of anilines is 1. The molecule has 0 amide bonds. The van der Waals surface area contributed by atoms with Crippen molar-refractivity contribution in [1.29, 1.82) is 0 Å². The topological polar surface area (TPSA) is 142 Å². The van der Waals surface area contributed by atoms with Gasteiger partial charge in [0.2, 0.25) is 21.7 Å². The number of piperidine rings is 1. The largest absolute Gasteiger partial charge is 0.507 e. The van der Waals surface area contributed by atoms with Gasteiger partial charge in [0.15, 0.2) is 17.3 Å². The van der Waals surface area contributed by atoms with Crippen molar-refractivity contribution in [3.63, 3.8) is 0 Å². The summed E-state index contributed by atoms with van der Waals surface area (Å²) in [5.74, 6) is -0.489. The Hall–Kier alpha value is -5.99. The molecule has 3 heterocycles. The summed E-state index contributed by atoms with van der Waals surface area (Å²) in [7, 11) is 1.30. The predicted molar refractivity (Wildman–Crippen MR) is 241 cm³/mol. The lowest BCUT2D eigenvalue weighted by molar-refractivity contribution is 0.100. The number of ether oxygens (including phenoxy) is 1. The van der Waals surface area contributed by atoms with E-state index in [-0.39, 0.29) is 56.8 Å². The van der Waals surface area contributed by atoms with E-state index in [1.165, 1.54) is 58.4 Å². The number of aromatic nitrogens is 2. The molecule has 0 spiro atoms. The van der Waals surface area contributed by atoms with Crippen molar-refractivity contribution in [3.05, 3.63) is 128 Å². The molecule has 1 N–H and O–H groups in total. The molecule has 7 rings (SSSR count). The van der Waals surface area contributed by atoms with Crippen molar-refractivity contribution in [2.75, 3.05) is 64.9 Å². The van der Waals surface area contributed by atoms with Crippen molar-refractivity contribution in [1.82, 2.24) is 18.8 Å². The number of Topliss-reactive ketones (excluding diaryl/α,β-unsaturated/α-hetero) is 1. The minimum Gasteiger partial charge on any atom is -0.507 e. The minimum absolute atomic E-state index is 0.0216. The van der Waals surface area contributed by atoms with Crippen molar-refractivity contribution in [2.24, 2.45) is 18.0 Å². The summed E-state index contributed by atoms with van der Waals surface area (Å²) in [6.45, 7) is 14.5. The van der Waals surface area contributed by atoms with Crippen molar-refractivity contribution in [3.8, 4) is 33.9 Å². The molecule has 5 aromatic rings. The number of carbonyl (C=O) groups excluding carboxylic acids is 1. The molecule has 0 atom stereocenters. The molecule has 1 aromatic heterocycles. The smallest absolute Gasteiger partial charge is 0.263 e. The van der Waals surface area contributed by atoms with Crippen LogP contribution in [-0.2, 0) is 17.1 Å². The highest BCUT2D eigenvalue weighted by Crippen LogP contribution is 2.34. The number of aliphatic imine (C=N–C) groups is 1. The van der Waals surface area contributed by atoms with E-state index in [2.05, 4.69) is 21.7 Å². The van der Waals surface area contributed by atoms with Crippen LogP contribution in [0.2, 0.25) is 5.02 Å². The van der Waals surface area contributed by atoms with Gasteiger partial charge in [0, 0.05) is 73.7 Å². The number of nitrogens with zero attached hydrogens (tertiary/aromatic N) is 7. The number of ketones is 1. The van der Waals surface area contributed by atoms with Crippen LogP contribution in [0.25, 0.3) is 27.2 Å². The van der Waals surface area contributed by atoms with Crippen LogP contribution in [0.1, 0.15) is 42.6 Å². The normalized spacial score (nSPS) is 15.3. The molecule has 0 aliphatic carbocycles. The van der Waals surface area contributed by atoms with E-state index in [4.69, 9.17) is 27.9 Å². The summed E-state index contributed by atoms with van der Waals surface area (Å²) in [5, 5.41) is 10.4. The first-order valence-electron chi connectivity index (χ1n) is 20.2. The summed E-state index contributed by atoms with van der Waals surface area (Å²) >= 11 is 5.96. The van der Waals surface area contributed by atoms with Gasteiger partial charge >= 0.3 is 0 Å². The van der Waals surface area contributed by atoms with Gasteiger partial charge in [-0.15, -0.1) is 0 Å². The second kappa shape index (κ2) is 20.0. The fraction of sp³-hybridized carbons (Fsp3) is 0.326. The number of rotatable bonds is 10. The van der Waals surface area contributed by atoms with Crippen molar-refractivity contribution >= 4 is 44.8 Å². The van der Waals surface area contributed by atoms with Crippen molar-refractivity contribution in [2.45, 2.75) is 31.6 Å². The number of sulfonamides is 1. The van der Waals surface area contributed by atoms with E-state index in [9.17, 15) is 31.9 Å². The maximum absolute atomic E-state index is 14.5. The quantitative estimate of drug-likeness (QED) is 0.0843. The Morgan fingerprint density at radius 1 is 0.952 bits per heavy atom. The van der Waals surface area contributed by atoms with Gasteiger partial charge in [-0.2, -0.15) is 4.31 Å². The number of carbonyl (C=O) groups is 1. The summed E-state index contributed by atoms with van der Waals surface area (Å²) in [5.41, 5.74) is 1.75. The minimum atomic E-state index is -3.66. The molecule has 0 radical (unpaired) electrons. The number of benzene rings is 4. The van der Waals surface area contributed by atoms with Crippen LogP contribution in [-0.4, -0.2) is 104 Å². The highest BCUT2D eigenvalue weighted by Gasteiger charge is 2.28. The maximum Gasteiger partial charge on any atom is 0.263 e. The first-order valence-corrected chi connectivity index (χ1v) is 22.0. The molecule has 63 heavy (non-hydrogen) atoms. The molecule has 17 heteroatoms. The Bertz CT molecular complexity index is 2760. The Morgan fingerprint density at radius 3 is 2.29 bits per heavy atom. The van der Waals surface area contributed by atoms with E-state index in [0.717, 1.165) is 25.9 Å². The molecule has 2 aliphatic heterocycles. The van der Waals surface area contributed by atoms with E-state index in [0.29, 0.717) is 65.5 Å². The molecule has 13 nitrogen and oxygen atoms in total. The molecule has 2 aliphatic rings. The SMILES string of the molecule is CC(=NCC(=O)c1cccc(S(=O)(=O)N2CCN(C)CC2)c1)c1cc(Cl)ccc1O.[C-]#[N+]c1ccc(-c2nc(N3CCC(C)CC3)n(C)c(=O)c2-c2ccc(OC)c(F)c2)cc1F. The van der Waals surface area contributed by atoms with E-state index >= 15 is 0 Å². The van der Waals surface area contributed by atoms with Gasteiger partial charge in [0.25, 0.3) is 5.56 Å². The standard InChI is InChI=1S/C25H24F2N4O2.C21H24ClN3O4S/c1-15-9-11-31(12-10-15)25-29-23(17-5-7-20(28-2)18(26)14-17)22(24(32)30(25)3)16-6-8-21(33-4)19(27)13-16;1-15(19-13-17(22)6-7-20(19)26)23-14-21(27)16-4-3-5-18(12-16)30(28,29)25-10-8-24(2)9-11-25/h5-8,13-15H,9-12H2,1,3-4H3;3-7,12-13,26H,8-11,14H2,1-2H3. The van der Waals surface area contributed by atoms with Crippen LogP contribution < -0.4 is 15.2 Å². The number of hydrogen-bond acceptors (Lipinski definition) is 10. The monoisotopic (exact) mass is 899 g/mol. The number of halogens is 3. The molecule has 2 fully saturated rings.